The second-order valence-corrected chi connectivity index (χ2v) is 7.89. The van der Waals surface area contributed by atoms with Crippen molar-refractivity contribution in [1.29, 1.82) is 0 Å². The van der Waals surface area contributed by atoms with Crippen LogP contribution >= 0.6 is 0 Å². The molecule has 2 aliphatic heterocycles. The zero-order chi connectivity index (χ0) is 22.2. The van der Waals surface area contributed by atoms with Gasteiger partial charge in [0.25, 0.3) is 0 Å². The van der Waals surface area contributed by atoms with Gasteiger partial charge in [0, 0.05) is 32.1 Å². The summed E-state index contributed by atoms with van der Waals surface area (Å²) in [5.41, 5.74) is -0.683. The lowest BCUT2D eigenvalue weighted by Crippen LogP contribution is -2.57. The molecule has 3 rings (SSSR count). The van der Waals surface area contributed by atoms with Crippen LogP contribution in [0.4, 0.5) is 24.5 Å². The quantitative estimate of drug-likeness (QED) is 0.804. The first-order valence-electron chi connectivity index (χ1n) is 9.84. The van der Waals surface area contributed by atoms with Crippen LogP contribution in [0.3, 0.4) is 0 Å². The summed E-state index contributed by atoms with van der Waals surface area (Å²) in [6, 6.07) is 2.37. The Hall–Kier alpha value is -2.62. The largest absolute Gasteiger partial charge is 0.416 e. The van der Waals surface area contributed by atoms with Crippen molar-refractivity contribution in [2.24, 2.45) is 5.92 Å². The van der Waals surface area contributed by atoms with Gasteiger partial charge in [0.2, 0.25) is 17.7 Å². The Morgan fingerprint density at radius 1 is 1.03 bits per heavy atom. The number of hydrogen-bond acceptors (Lipinski definition) is 4. The Kier molecular flexibility index (Phi) is 6.07. The number of nitrogens with zero attached hydrogens (tertiary/aromatic N) is 3. The summed E-state index contributed by atoms with van der Waals surface area (Å²) >= 11 is 0. The van der Waals surface area contributed by atoms with Crippen LogP contribution in [0.5, 0.6) is 0 Å². The number of benzene rings is 1. The van der Waals surface area contributed by atoms with Gasteiger partial charge in [-0.05, 0) is 25.1 Å². The fourth-order valence-corrected chi connectivity index (χ4v) is 3.74. The zero-order valence-corrected chi connectivity index (χ0v) is 17.1. The molecule has 164 valence electrons. The molecular formula is C20H25F3N4O3. The predicted molar refractivity (Wildman–Crippen MR) is 105 cm³/mol. The maximum atomic E-state index is 13.1. The Morgan fingerprint density at radius 3 is 2.23 bits per heavy atom. The van der Waals surface area contributed by atoms with E-state index in [1.54, 1.807) is 11.8 Å². The smallest absolute Gasteiger partial charge is 0.340 e. The molecule has 1 unspecified atom stereocenters. The SMILES string of the molecule is CC(C)C(=O)N1CCN(C(C)C(=O)N2CC(=O)Nc3cc(C(F)(F)F)ccc32)CC1. The number of halogens is 3. The number of fused-ring (bicyclic) bond motifs is 1. The predicted octanol–water partition coefficient (Wildman–Crippen LogP) is 2.18. The fraction of sp³-hybridized carbons (Fsp3) is 0.550. The molecule has 0 spiro atoms. The van der Waals surface area contributed by atoms with Crippen LogP contribution in [0, 0.1) is 5.92 Å². The first kappa shape index (κ1) is 22.1. The third kappa shape index (κ3) is 4.43. The number of carbonyl (C=O) groups excluding carboxylic acids is 3. The van der Waals surface area contributed by atoms with E-state index in [-0.39, 0.29) is 35.7 Å². The van der Waals surface area contributed by atoms with Crippen molar-refractivity contribution in [2.75, 3.05) is 42.9 Å². The Bertz CT molecular complexity index is 848. The van der Waals surface area contributed by atoms with Crippen molar-refractivity contribution in [3.8, 4) is 0 Å². The molecule has 3 amide bonds. The molecule has 0 aliphatic carbocycles. The summed E-state index contributed by atoms with van der Waals surface area (Å²) in [6.07, 6.45) is -4.55. The second kappa shape index (κ2) is 8.25. The van der Waals surface area contributed by atoms with Gasteiger partial charge in [-0.2, -0.15) is 13.2 Å². The van der Waals surface area contributed by atoms with E-state index in [0.29, 0.717) is 26.2 Å². The lowest BCUT2D eigenvalue weighted by molar-refractivity contribution is -0.138. The van der Waals surface area contributed by atoms with E-state index >= 15 is 0 Å². The minimum atomic E-state index is -4.55. The number of nitrogens with one attached hydrogen (secondary N) is 1. The summed E-state index contributed by atoms with van der Waals surface area (Å²) in [7, 11) is 0. The summed E-state index contributed by atoms with van der Waals surface area (Å²) in [5.74, 6) is -0.944. The highest BCUT2D eigenvalue weighted by atomic mass is 19.4. The average Bonchev–Trinajstić information content (AvgIpc) is 2.70. The van der Waals surface area contributed by atoms with Gasteiger partial charge in [0.05, 0.1) is 23.0 Å². The molecule has 1 saturated heterocycles. The highest BCUT2D eigenvalue weighted by Crippen LogP contribution is 2.37. The van der Waals surface area contributed by atoms with Crippen molar-refractivity contribution in [3.63, 3.8) is 0 Å². The van der Waals surface area contributed by atoms with Crippen molar-refractivity contribution < 1.29 is 27.6 Å². The number of rotatable bonds is 3. The third-order valence-electron chi connectivity index (χ3n) is 5.48. The molecule has 1 N–H and O–H groups in total. The van der Waals surface area contributed by atoms with E-state index in [2.05, 4.69) is 5.32 Å². The second-order valence-electron chi connectivity index (χ2n) is 7.89. The van der Waals surface area contributed by atoms with Crippen LogP contribution in [0.1, 0.15) is 26.3 Å². The molecule has 1 aromatic rings. The molecule has 0 aromatic heterocycles. The zero-order valence-electron chi connectivity index (χ0n) is 17.1. The van der Waals surface area contributed by atoms with Crippen LogP contribution in [0.15, 0.2) is 18.2 Å². The van der Waals surface area contributed by atoms with Crippen molar-refractivity contribution >= 4 is 29.1 Å². The monoisotopic (exact) mass is 426 g/mol. The maximum Gasteiger partial charge on any atom is 0.416 e. The van der Waals surface area contributed by atoms with E-state index in [0.717, 1.165) is 12.1 Å². The molecule has 2 aliphatic rings. The van der Waals surface area contributed by atoms with Crippen LogP contribution in [0.25, 0.3) is 0 Å². The van der Waals surface area contributed by atoms with E-state index in [4.69, 9.17) is 0 Å². The lowest BCUT2D eigenvalue weighted by Gasteiger charge is -2.40. The van der Waals surface area contributed by atoms with Gasteiger partial charge in [-0.1, -0.05) is 13.8 Å². The van der Waals surface area contributed by atoms with Crippen molar-refractivity contribution in [2.45, 2.75) is 33.0 Å². The maximum absolute atomic E-state index is 13.1. The van der Waals surface area contributed by atoms with Crippen LogP contribution in [-0.4, -0.2) is 66.3 Å². The van der Waals surface area contributed by atoms with Crippen LogP contribution in [0.2, 0.25) is 0 Å². The van der Waals surface area contributed by atoms with Gasteiger partial charge in [0.1, 0.15) is 6.54 Å². The standard InChI is InChI=1S/C20H25F3N4O3/c1-12(2)18(29)26-8-6-25(7-9-26)13(3)19(30)27-11-17(28)24-15-10-14(20(21,22)23)4-5-16(15)27/h4-5,10,12-13H,6-9,11H2,1-3H3,(H,24,28). The van der Waals surface area contributed by atoms with Crippen molar-refractivity contribution in [1.82, 2.24) is 9.80 Å². The Balaban J connectivity index is 1.74. The summed E-state index contributed by atoms with van der Waals surface area (Å²) in [4.78, 5) is 42.2. The number of hydrogen-bond donors (Lipinski definition) is 1. The molecule has 2 heterocycles. The molecule has 0 radical (unpaired) electrons. The number of anilines is 2. The minimum absolute atomic E-state index is 0.0334. The van der Waals surface area contributed by atoms with E-state index < -0.39 is 23.7 Å². The Labute approximate surface area is 172 Å². The van der Waals surface area contributed by atoms with Crippen molar-refractivity contribution in [3.05, 3.63) is 23.8 Å². The first-order valence-corrected chi connectivity index (χ1v) is 9.84. The summed E-state index contributed by atoms with van der Waals surface area (Å²) < 4.78 is 39.0. The van der Waals surface area contributed by atoms with Gasteiger partial charge in [0.15, 0.2) is 0 Å². The minimum Gasteiger partial charge on any atom is -0.340 e. The van der Waals surface area contributed by atoms with Gasteiger partial charge < -0.3 is 10.2 Å². The highest BCUT2D eigenvalue weighted by molar-refractivity contribution is 6.11. The molecule has 0 saturated carbocycles. The summed E-state index contributed by atoms with van der Waals surface area (Å²) in [5, 5.41) is 2.41. The van der Waals surface area contributed by atoms with Gasteiger partial charge in [-0.25, -0.2) is 0 Å². The van der Waals surface area contributed by atoms with Gasteiger partial charge >= 0.3 is 6.18 Å². The molecule has 1 fully saturated rings. The molecular weight excluding hydrogens is 401 g/mol. The van der Waals surface area contributed by atoms with Gasteiger partial charge in [-0.3, -0.25) is 24.2 Å². The van der Waals surface area contributed by atoms with E-state index in [1.165, 1.54) is 11.0 Å². The molecule has 7 nitrogen and oxygen atoms in total. The molecule has 0 bridgehead atoms. The molecule has 1 aromatic carbocycles. The Morgan fingerprint density at radius 2 is 1.67 bits per heavy atom. The highest BCUT2D eigenvalue weighted by Gasteiger charge is 2.36. The lowest BCUT2D eigenvalue weighted by atomic mass is 10.1. The topological polar surface area (TPSA) is 73.0 Å². The van der Waals surface area contributed by atoms with Crippen LogP contribution in [-0.2, 0) is 20.6 Å². The molecule has 1 atom stereocenters. The van der Waals surface area contributed by atoms with E-state index in [1.807, 2.05) is 18.7 Å². The van der Waals surface area contributed by atoms with E-state index in [9.17, 15) is 27.6 Å². The number of piperazine rings is 1. The molecule has 10 heteroatoms. The number of carbonyl (C=O) groups is 3. The average molecular weight is 426 g/mol. The first-order chi connectivity index (χ1) is 14.0. The number of amides is 3. The normalized spacial score (nSPS) is 18.8. The number of alkyl halides is 3. The fourth-order valence-electron chi connectivity index (χ4n) is 3.74. The summed E-state index contributed by atoms with van der Waals surface area (Å²) in [6.45, 7) is 7.14. The third-order valence-corrected chi connectivity index (χ3v) is 5.48. The van der Waals surface area contributed by atoms with Crippen LogP contribution < -0.4 is 10.2 Å². The molecule has 30 heavy (non-hydrogen) atoms. The van der Waals surface area contributed by atoms with Gasteiger partial charge in [-0.15, -0.1) is 0 Å².